The van der Waals surface area contributed by atoms with Gasteiger partial charge in [0, 0.05) is 16.2 Å². The number of nitrogens with one attached hydrogen (secondary N) is 2. The van der Waals surface area contributed by atoms with Crippen molar-refractivity contribution < 1.29 is 0 Å². The molecule has 2 N–H and O–H groups in total. The van der Waals surface area contributed by atoms with Crippen LogP contribution in [0, 0.1) is 13.8 Å². The molecule has 0 radical (unpaired) electrons. The Hall–Kier alpha value is -2.40. The number of halogens is 1. The molecule has 4 nitrogen and oxygen atoms in total. The predicted octanol–water partition coefficient (Wildman–Crippen LogP) is 5.34. The molecule has 3 rings (SSSR count). The van der Waals surface area contributed by atoms with Gasteiger partial charge < -0.3 is 10.6 Å². The minimum Gasteiger partial charge on any atom is -0.340 e. The van der Waals surface area contributed by atoms with E-state index in [1.165, 1.54) is 5.56 Å². The Morgan fingerprint density at radius 3 is 2.17 bits per heavy atom. The third-order valence-electron chi connectivity index (χ3n) is 3.30. The van der Waals surface area contributed by atoms with Crippen LogP contribution in [0.2, 0.25) is 0 Å². The quantitative estimate of drug-likeness (QED) is 0.652. The highest BCUT2D eigenvalue weighted by molar-refractivity contribution is 9.10. The van der Waals surface area contributed by atoms with E-state index in [0.717, 1.165) is 27.5 Å². The highest BCUT2D eigenvalue weighted by Gasteiger charge is 2.05. The van der Waals surface area contributed by atoms with Crippen LogP contribution < -0.4 is 10.6 Å². The van der Waals surface area contributed by atoms with E-state index in [9.17, 15) is 0 Å². The number of hydrogen-bond acceptors (Lipinski definition) is 4. The van der Waals surface area contributed by atoms with Crippen molar-refractivity contribution in [1.82, 2.24) is 9.97 Å². The number of hydrogen-bond donors (Lipinski definition) is 2. The molecule has 0 aliphatic carbocycles. The maximum atomic E-state index is 4.44. The Morgan fingerprint density at radius 1 is 0.826 bits per heavy atom. The Balaban J connectivity index is 1.84. The first kappa shape index (κ1) is 15.5. The zero-order valence-corrected chi connectivity index (χ0v) is 14.6. The second kappa shape index (κ2) is 6.79. The van der Waals surface area contributed by atoms with E-state index < -0.39 is 0 Å². The largest absolute Gasteiger partial charge is 0.340 e. The molecular formula is C18H17BrN4. The van der Waals surface area contributed by atoms with Crippen molar-refractivity contribution in [2.24, 2.45) is 0 Å². The monoisotopic (exact) mass is 368 g/mol. The lowest BCUT2D eigenvalue weighted by Gasteiger charge is -2.11. The van der Waals surface area contributed by atoms with Crippen molar-refractivity contribution in [2.45, 2.75) is 13.8 Å². The molecule has 5 heteroatoms. The molecule has 0 aliphatic heterocycles. The van der Waals surface area contributed by atoms with Crippen LogP contribution in [0.25, 0.3) is 0 Å². The van der Waals surface area contributed by atoms with Crippen LogP contribution in [0.5, 0.6) is 0 Å². The van der Waals surface area contributed by atoms with Crippen molar-refractivity contribution in [3.8, 4) is 0 Å². The van der Waals surface area contributed by atoms with Gasteiger partial charge in [-0.2, -0.15) is 0 Å². The van der Waals surface area contributed by atoms with E-state index in [-0.39, 0.29) is 0 Å². The third-order valence-corrected chi connectivity index (χ3v) is 3.99. The van der Waals surface area contributed by atoms with Crippen molar-refractivity contribution in [3.63, 3.8) is 0 Å². The van der Waals surface area contributed by atoms with Gasteiger partial charge in [-0.05, 0) is 54.0 Å². The van der Waals surface area contributed by atoms with Gasteiger partial charge in [0.2, 0.25) is 0 Å². The summed E-state index contributed by atoms with van der Waals surface area (Å²) in [5.41, 5.74) is 3.19. The SMILES string of the molecule is Cc1ccc(Nc2cc(Nc3ccccc3Br)nc(C)n2)cc1. The number of anilines is 4. The number of aryl methyl sites for hydroxylation is 2. The van der Waals surface area contributed by atoms with Crippen LogP contribution in [0.1, 0.15) is 11.4 Å². The number of benzene rings is 2. The van der Waals surface area contributed by atoms with Gasteiger partial charge in [0.25, 0.3) is 0 Å². The van der Waals surface area contributed by atoms with Crippen molar-refractivity contribution in [1.29, 1.82) is 0 Å². The van der Waals surface area contributed by atoms with Gasteiger partial charge in [0.15, 0.2) is 0 Å². The molecule has 0 saturated heterocycles. The van der Waals surface area contributed by atoms with E-state index >= 15 is 0 Å². The van der Waals surface area contributed by atoms with E-state index in [0.29, 0.717) is 5.82 Å². The molecule has 2 aromatic carbocycles. The van der Waals surface area contributed by atoms with Gasteiger partial charge in [0.1, 0.15) is 17.5 Å². The standard InChI is InChI=1S/C18H17BrN4/c1-12-7-9-14(10-8-12)22-17-11-18(21-13(2)20-17)23-16-6-4-3-5-15(16)19/h3-11H,1-2H3,(H2,20,21,22,23). The lowest BCUT2D eigenvalue weighted by atomic mass is 10.2. The first-order valence-corrected chi connectivity index (χ1v) is 8.10. The van der Waals surface area contributed by atoms with Crippen molar-refractivity contribution in [2.75, 3.05) is 10.6 Å². The first-order chi connectivity index (χ1) is 11.1. The third kappa shape index (κ3) is 4.07. The van der Waals surface area contributed by atoms with Gasteiger partial charge in [-0.3, -0.25) is 0 Å². The topological polar surface area (TPSA) is 49.8 Å². The Morgan fingerprint density at radius 2 is 1.48 bits per heavy atom. The van der Waals surface area contributed by atoms with Crippen LogP contribution in [0.15, 0.2) is 59.1 Å². The number of rotatable bonds is 4. The Bertz CT molecular complexity index is 816. The fourth-order valence-corrected chi connectivity index (χ4v) is 2.56. The molecule has 116 valence electrons. The van der Waals surface area contributed by atoms with Crippen LogP contribution in [-0.2, 0) is 0 Å². The molecule has 3 aromatic rings. The molecule has 0 atom stereocenters. The first-order valence-electron chi connectivity index (χ1n) is 7.31. The molecule has 0 bridgehead atoms. The van der Waals surface area contributed by atoms with Crippen LogP contribution >= 0.6 is 15.9 Å². The summed E-state index contributed by atoms with van der Waals surface area (Å²) in [6, 6.07) is 18.0. The summed E-state index contributed by atoms with van der Waals surface area (Å²) in [6.45, 7) is 3.95. The summed E-state index contributed by atoms with van der Waals surface area (Å²) in [6.07, 6.45) is 0. The molecule has 0 aliphatic rings. The van der Waals surface area contributed by atoms with Gasteiger partial charge in [-0.15, -0.1) is 0 Å². The number of aromatic nitrogens is 2. The molecular weight excluding hydrogens is 352 g/mol. The molecule has 0 fully saturated rings. The van der Waals surface area contributed by atoms with Crippen LogP contribution in [-0.4, -0.2) is 9.97 Å². The van der Waals surface area contributed by atoms with Gasteiger partial charge in [-0.25, -0.2) is 9.97 Å². The smallest absolute Gasteiger partial charge is 0.136 e. The van der Waals surface area contributed by atoms with Crippen LogP contribution in [0.3, 0.4) is 0 Å². The summed E-state index contributed by atoms with van der Waals surface area (Å²) in [7, 11) is 0. The van der Waals surface area contributed by atoms with Crippen molar-refractivity contribution >= 4 is 38.9 Å². The molecule has 0 amide bonds. The van der Waals surface area contributed by atoms with E-state index in [1.54, 1.807) is 0 Å². The minimum atomic E-state index is 0.705. The highest BCUT2D eigenvalue weighted by atomic mass is 79.9. The molecule has 23 heavy (non-hydrogen) atoms. The molecule has 1 heterocycles. The zero-order valence-electron chi connectivity index (χ0n) is 13.0. The van der Waals surface area contributed by atoms with Gasteiger partial charge >= 0.3 is 0 Å². The average molecular weight is 369 g/mol. The maximum Gasteiger partial charge on any atom is 0.136 e. The zero-order chi connectivity index (χ0) is 16.2. The lowest BCUT2D eigenvalue weighted by molar-refractivity contribution is 1.06. The fraction of sp³-hybridized carbons (Fsp3) is 0.111. The van der Waals surface area contributed by atoms with Gasteiger partial charge in [0.05, 0.1) is 5.69 Å². The predicted molar refractivity (Wildman–Crippen MR) is 98.7 cm³/mol. The average Bonchev–Trinajstić information content (AvgIpc) is 2.51. The summed E-state index contributed by atoms with van der Waals surface area (Å²) < 4.78 is 0.990. The lowest BCUT2D eigenvalue weighted by Crippen LogP contribution is -2.01. The second-order valence-corrected chi connectivity index (χ2v) is 6.14. The van der Waals surface area contributed by atoms with Crippen LogP contribution in [0.4, 0.5) is 23.0 Å². The molecule has 0 saturated carbocycles. The summed E-state index contributed by atoms with van der Waals surface area (Å²) in [5, 5.41) is 6.62. The number of nitrogens with zero attached hydrogens (tertiary/aromatic N) is 2. The maximum absolute atomic E-state index is 4.44. The minimum absolute atomic E-state index is 0.705. The van der Waals surface area contributed by atoms with E-state index in [2.05, 4.69) is 55.6 Å². The Kier molecular flexibility index (Phi) is 4.57. The van der Waals surface area contributed by atoms with E-state index in [4.69, 9.17) is 0 Å². The van der Waals surface area contributed by atoms with Gasteiger partial charge in [-0.1, -0.05) is 29.8 Å². The number of para-hydroxylation sites is 1. The molecule has 0 unspecified atom stereocenters. The summed E-state index contributed by atoms with van der Waals surface area (Å²) in [4.78, 5) is 8.88. The highest BCUT2D eigenvalue weighted by Crippen LogP contribution is 2.26. The Labute approximate surface area is 144 Å². The summed E-state index contributed by atoms with van der Waals surface area (Å²) in [5.74, 6) is 2.21. The molecule has 0 spiro atoms. The van der Waals surface area contributed by atoms with Crippen molar-refractivity contribution in [3.05, 3.63) is 70.5 Å². The summed E-state index contributed by atoms with van der Waals surface area (Å²) >= 11 is 3.53. The fourth-order valence-electron chi connectivity index (χ4n) is 2.18. The second-order valence-electron chi connectivity index (χ2n) is 5.28. The molecule has 1 aromatic heterocycles. The van der Waals surface area contributed by atoms with E-state index in [1.807, 2.05) is 49.4 Å². The normalized spacial score (nSPS) is 10.4.